The number of nitrogens with zero attached hydrogens (tertiary/aromatic N) is 2. The predicted molar refractivity (Wildman–Crippen MR) is 132 cm³/mol. The number of aliphatic hydroxyl groups excluding tert-OH is 2. The van der Waals surface area contributed by atoms with Gasteiger partial charge >= 0.3 is 0 Å². The van der Waals surface area contributed by atoms with Crippen LogP contribution in [0.4, 0.5) is 11.4 Å². The van der Waals surface area contributed by atoms with E-state index < -0.39 is 0 Å². The van der Waals surface area contributed by atoms with Gasteiger partial charge < -0.3 is 20.0 Å². The highest BCUT2D eigenvalue weighted by molar-refractivity contribution is 5.79. The zero-order chi connectivity index (χ0) is 22.2. The summed E-state index contributed by atoms with van der Waals surface area (Å²) in [6.07, 6.45) is 11.9. The summed E-state index contributed by atoms with van der Waals surface area (Å²) in [5, 5.41) is 21.6. The first-order chi connectivity index (χ1) is 15.6. The number of fused-ring (bicyclic) bond motifs is 2. The van der Waals surface area contributed by atoms with Crippen molar-refractivity contribution in [1.29, 1.82) is 0 Å². The van der Waals surface area contributed by atoms with E-state index in [9.17, 15) is 10.2 Å². The average Bonchev–Trinajstić information content (AvgIpc) is 2.84. The molecule has 0 atom stereocenters. The van der Waals surface area contributed by atoms with E-state index >= 15 is 0 Å². The molecular formula is C28H26N2O2. The first-order valence-corrected chi connectivity index (χ1v) is 11.0. The van der Waals surface area contributed by atoms with Gasteiger partial charge in [-0.2, -0.15) is 0 Å². The summed E-state index contributed by atoms with van der Waals surface area (Å²) in [6, 6.07) is 16.4. The van der Waals surface area contributed by atoms with Crippen LogP contribution in [0.15, 0.2) is 107 Å². The summed E-state index contributed by atoms with van der Waals surface area (Å²) in [7, 11) is 0. The van der Waals surface area contributed by atoms with Crippen LogP contribution >= 0.6 is 0 Å². The Balaban J connectivity index is 1.45. The second-order valence-corrected chi connectivity index (χ2v) is 7.94. The van der Waals surface area contributed by atoms with Gasteiger partial charge in [0.2, 0.25) is 0 Å². The van der Waals surface area contributed by atoms with Gasteiger partial charge in [-0.25, -0.2) is 0 Å². The van der Waals surface area contributed by atoms with Crippen molar-refractivity contribution in [1.82, 2.24) is 0 Å². The van der Waals surface area contributed by atoms with E-state index in [1.54, 1.807) is 0 Å². The summed E-state index contributed by atoms with van der Waals surface area (Å²) < 4.78 is 0. The van der Waals surface area contributed by atoms with Crippen LogP contribution in [0.1, 0.15) is 25.0 Å². The molecule has 2 heterocycles. The lowest BCUT2D eigenvalue weighted by Crippen LogP contribution is -2.25. The lowest BCUT2D eigenvalue weighted by atomic mass is 9.90. The molecule has 4 heteroatoms. The fourth-order valence-corrected chi connectivity index (χ4v) is 4.54. The Labute approximate surface area is 188 Å². The second kappa shape index (κ2) is 7.97. The van der Waals surface area contributed by atoms with Crippen molar-refractivity contribution in [3.8, 4) is 0 Å². The van der Waals surface area contributed by atoms with Crippen LogP contribution in [0, 0.1) is 0 Å². The zero-order valence-electron chi connectivity index (χ0n) is 18.3. The average molecular weight is 423 g/mol. The normalized spacial score (nSPS) is 19.6. The van der Waals surface area contributed by atoms with Crippen LogP contribution in [0.3, 0.4) is 0 Å². The number of aliphatic hydroxyl groups is 2. The van der Waals surface area contributed by atoms with E-state index in [2.05, 4.69) is 60.1 Å². The number of para-hydroxylation sites is 2. The molecule has 0 unspecified atom stereocenters. The van der Waals surface area contributed by atoms with Gasteiger partial charge in [0.1, 0.15) is 11.5 Å². The lowest BCUT2D eigenvalue weighted by Gasteiger charge is -2.31. The van der Waals surface area contributed by atoms with Crippen LogP contribution in [0.2, 0.25) is 0 Å². The number of benzene rings is 2. The molecule has 0 amide bonds. The molecule has 3 aliphatic rings. The number of anilines is 2. The first-order valence-electron chi connectivity index (χ1n) is 11.0. The topological polar surface area (TPSA) is 46.9 Å². The Hall–Kier alpha value is -3.92. The van der Waals surface area contributed by atoms with Gasteiger partial charge in [-0.3, -0.25) is 0 Å². The molecule has 2 N–H and O–H groups in total. The van der Waals surface area contributed by atoms with Crippen molar-refractivity contribution in [2.45, 2.75) is 13.8 Å². The van der Waals surface area contributed by atoms with E-state index in [1.807, 2.05) is 48.6 Å². The van der Waals surface area contributed by atoms with Gasteiger partial charge in [-0.1, -0.05) is 48.6 Å². The summed E-state index contributed by atoms with van der Waals surface area (Å²) >= 11 is 0. The maximum absolute atomic E-state index is 10.8. The molecule has 0 saturated carbocycles. The standard InChI is InChI=1S/C28H26N2O2/c1-3-29-21(15-13-19-9-5-7-11-25(19)29)17-23-27(31)24(28(23)32)18-22-16-14-20-10-6-8-12-26(20)30(22)4-2/h5-18,31-32H,3-4H2,1-2H3. The molecule has 0 radical (unpaired) electrons. The minimum Gasteiger partial charge on any atom is -0.506 e. The predicted octanol–water partition coefficient (Wildman–Crippen LogP) is 6.50. The minimum absolute atomic E-state index is 0.120. The van der Waals surface area contributed by atoms with Gasteiger partial charge in [0, 0.05) is 35.9 Å². The number of likely N-dealkylation sites (N-methyl/N-ethyl adjacent to an activating group) is 2. The third kappa shape index (κ3) is 3.16. The van der Waals surface area contributed by atoms with Crippen molar-refractivity contribution < 1.29 is 10.2 Å². The molecule has 5 rings (SSSR count). The molecule has 0 fully saturated rings. The second-order valence-electron chi connectivity index (χ2n) is 7.94. The van der Waals surface area contributed by atoms with E-state index in [-0.39, 0.29) is 11.5 Å². The van der Waals surface area contributed by atoms with Gasteiger partial charge in [0.25, 0.3) is 0 Å². The summed E-state index contributed by atoms with van der Waals surface area (Å²) in [5.41, 5.74) is 7.38. The smallest absolute Gasteiger partial charge is 0.137 e. The molecule has 32 heavy (non-hydrogen) atoms. The van der Waals surface area contributed by atoms with Crippen molar-refractivity contribution in [2.24, 2.45) is 0 Å². The highest BCUT2D eigenvalue weighted by Crippen LogP contribution is 2.39. The first kappa shape index (κ1) is 20.0. The van der Waals surface area contributed by atoms with E-state index in [1.165, 1.54) is 0 Å². The maximum Gasteiger partial charge on any atom is 0.137 e. The lowest BCUT2D eigenvalue weighted by molar-refractivity contribution is 0.354. The highest BCUT2D eigenvalue weighted by Gasteiger charge is 2.29. The van der Waals surface area contributed by atoms with Crippen LogP contribution in [-0.4, -0.2) is 23.3 Å². The van der Waals surface area contributed by atoms with Crippen molar-refractivity contribution in [3.05, 3.63) is 118 Å². The molecular weight excluding hydrogens is 396 g/mol. The summed E-state index contributed by atoms with van der Waals surface area (Å²) in [6.45, 7) is 5.77. The third-order valence-corrected chi connectivity index (χ3v) is 6.18. The van der Waals surface area contributed by atoms with Crippen molar-refractivity contribution in [2.75, 3.05) is 22.9 Å². The van der Waals surface area contributed by atoms with Crippen LogP contribution < -0.4 is 9.80 Å². The molecule has 2 aromatic rings. The van der Waals surface area contributed by atoms with E-state index in [4.69, 9.17) is 0 Å². The van der Waals surface area contributed by atoms with Crippen LogP contribution in [0.5, 0.6) is 0 Å². The molecule has 4 nitrogen and oxygen atoms in total. The molecule has 2 aliphatic heterocycles. The number of hydrogen-bond donors (Lipinski definition) is 2. The largest absolute Gasteiger partial charge is 0.506 e. The molecule has 0 aromatic heterocycles. The quantitative estimate of drug-likeness (QED) is 0.590. The minimum atomic E-state index is 0.120. The van der Waals surface area contributed by atoms with Crippen LogP contribution in [0.25, 0.3) is 12.2 Å². The van der Waals surface area contributed by atoms with Gasteiger partial charge in [0.05, 0.1) is 11.1 Å². The molecule has 0 bridgehead atoms. The Morgan fingerprint density at radius 2 is 1.03 bits per heavy atom. The molecule has 1 aliphatic carbocycles. The third-order valence-electron chi connectivity index (χ3n) is 6.18. The van der Waals surface area contributed by atoms with E-state index in [0.29, 0.717) is 11.1 Å². The number of rotatable bonds is 4. The molecule has 0 saturated heterocycles. The Morgan fingerprint density at radius 1 is 0.625 bits per heavy atom. The Morgan fingerprint density at radius 3 is 1.44 bits per heavy atom. The Kier molecular flexibility index (Phi) is 4.98. The zero-order valence-corrected chi connectivity index (χ0v) is 18.3. The monoisotopic (exact) mass is 422 g/mol. The van der Waals surface area contributed by atoms with Crippen molar-refractivity contribution >= 4 is 23.5 Å². The number of allylic oxidation sites excluding steroid dienone is 4. The fourth-order valence-electron chi connectivity index (χ4n) is 4.54. The van der Waals surface area contributed by atoms with Crippen LogP contribution in [-0.2, 0) is 0 Å². The Bertz CT molecular complexity index is 1160. The van der Waals surface area contributed by atoms with Gasteiger partial charge in [-0.15, -0.1) is 0 Å². The van der Waals surface area contributed by atoms with Crippen molar-refractivity contribution in [3.63, 3.8) is 0 Å². The highest BCUT2D eigenvalue weighted by atomic mass is 16.3. The van der Waals surface area contributed by atoms with Gasteiger partial charge in [0.15, 0.2) is 0 Å². The molecule has 0 spiro atoms. The fraction of sp³-hybridized carbons (Fsp3) is 0.143. The van der Waals surface area contributed by atoms with E-state index in [0.717, 1.165) is 47.0 Å². The SMILES string of the molecule is CCN1C(=CC2=C(O)C(C=C3C=Cc4ccccc4N3CC)=C2O)C=Cc2ccccc21. The number of hydrogen-bond acceptors (Lipinski definition) is 4. The maximum atomic E-state index is 10.8. The summed E-state index contributed by atoms with van der Waals surface area (Å²) in [5.74, 6) is 0.239. The molecule has 2 aromatic carbocycles. The van der Waals surface area contributed by atoms with Gasteiger partial charge in [-0.05, 0) is 61.4 Å². The molecule has 160 valence electrons. The summed E-state index contributed by atoms with van der Waals surface area (Å²) in [4.78, 5) is 4.36.